The predicted molar refractivity (Wildman–Crippen MR) is 88.4 cm³/mol. The van der Waals surface area contributed by atoms with Gasteiger partial charge in [-0.3, -0.25) is 4.72 Å². The average Bonchev–Trinajstić information content (AvgIpc) is 2.83. The van der Waals surface area contributed by atoms with Crippen molar-refractivity contribution in [2.24, 2.45) is 0 Å². The van der Waals surface area contributed by atoms with Crippen LogP contribution in [0, 0.1) is 10.5 Å². The number of anilines is 1. The lowest BCUT2D eigenvalue weighted by Crippen LogP contribution is -2.12. The smallest absolute Gasteiger partial charge is 0.271 e. The summed E-state index contributed by atoms with van der Waals surface area (Å²) >= 11 is 3.48. The van der Waals surface area contributed by atoms with Crippen LogP contribution < -0.4 is 4.72 Å². The fourth-order valence-electron chi connectivity index (χ4n) is 1.59. The Hall–Kier alpha value is -0.600. The van der Waals surface area contributed by atoms with E-state index in [4.69, 9.17) is 0 Å². The van der Waals surface area contributed by atoms with Crippen molar-refractivity contribution in [1.29, 1.82) is 0 Å². The molecule has 0 amide bonds. The first-order valence-corrected chi connectivity index (χ1v) is 9.18. The zero-order chi connectivity index (χ0) is 14.0. The molecule has 0 aliphatic carbocycles. The molecule has 0 aliphatic heterocycles. The predicted octanol–water partition coefficient (Wildman–Crippen LogP) is 4.02. The molecular formula is C13H14INO2S2. The molecule has 0 atom stereocenters. The van der Waals surface area contributed by atoms with Crippen LogP contribution in [0.1, 0.15) is 17.4 Å². The molecule has 19 heavy (non-hydrogen) atoms. The summed E-state index contributed by atoms with van der Waals surface area (Å²) in [6.07, 6.45) is 0.850. The monoisotopic (exact) mass is 407 g/mol. The summed E-state index contributed by atoms with van der Waals surface area (Å²) in [7, 11) is -3.48. The second-order valence-electron chi connectivity index (χ2n) is 4.14. The molecule has 0 saturated heterocycles. The molecule has 1 aromatic heterocycles. The van der Waals surface area contributed by atoms with Gasteiger partial charge in [-0.1, -0.05) is 13.0 Å². The Bertz CT molecular complexity index is 692. The zero-order valence-corrected chi connectivity index (χ0v) is 14.4. The van der Waals surface area contributed by atoms with E-state index in [-0.39, 0.29) is 0 Å². The minimum atomic E-state index is -3.48. The van der Waals surface area contributed by atoms with E-state index in [9.17, 15) is 8.42 Å². The second kappa shape index (κ2) is 5.80. The van der Waals surface area contributed by atoms with E-state index >= 15 is 0 Å². The Balaban J connectivity index is 2.33. The van der Waals surface area contributed by atoms with Gasteiger partial charge in [0.05, 0.1) is 5.69 Å². The van der Waals surface area contributed by atoms with Crippen molar-refractivity contribution in [2.45, 2.75) is 24.5 Å². The maximum absolute atomic E-state index is 12.3. The molecule has 1 heterocycles. The van der Waals surface area contributed by atoms with Gasteiger partial charge in [-0.05, 0) is 65.8 Å². The lowest BCUT2D eigenvalue weighted by molar-refractivity contribution is 0.603. The Morgan fingerprint density at radius 3 is 2.63 bits per heavy atom. The van der Waals surface area contributed by atoms with Crippen LogP contribution in [0.4, 0.5) is 5.69 Å². The third kappa shape index (κ3) is 3.49. The second-order valence-corrected chi connectivity index (χ2v) is 8.46. The highest BCUT2D eigenvalue weighted by Gasteiger charge is 2.17. The van der Waals surface area contributed by atoms with Crippen molar-refractivity contribution in [3.8, 4) is 0 Å². The molecule has 6 heteroatoms. The highest BCUT2D eigenvalue weighted by molar-refractivity contribution is 14.1. The van der Waals surface area contributed by atoms with E-state index in [0.29, 0.717) is 9.90 Å². The van der Waals surface area contributed by atoms with Gasteiger partial charge in [0.2, 0.25) is 0 Å². The number of halogens is 1. The lowest BCUT2D eigenvalue weighted by Gasteiger charge is -2.09. The largest absolute Gasteiger partial charge is 0.279 e. The van der Waals surface area contributed by atoms with Crippen LogP contribution in [-0.4, -0.2) is 8.42 Å². The van der Waals surface area contributed by atoms with E-state index in [1.807, 2.05) is 38.1 Å². The SMILES string of the molecule is CCc1ccc(S(=O)(=O)Nc2cc(I)ccc2C)s1. The third-order valence-corrected chi connectivity index (χ3v) is 6.45. The van der Waals surface area contributed by atoms with E-state index in [1.54, 1.807) is 6.07 Å². The highest BCUT2D eigenvalue weighted by Crippen LogP contribution is 2.26. The molecule has 102 valence electrons. The average molecular weight is 407 g/mol. The molecule has 0 fully saturated rings. The fraction of sp³-hybridized carbons (Fsp3) is 0.231. The van der Waals surface area contributed by atoms with Crippen molar-refractivity contribution in [3.63, 3.8) is 0 Å². The number of thiophene rings is 1. The molecule has 0 aliphatic rings. The van der Waals surface area contributed by atoms with E-state index in [1.165, 1.54) is 11.3 Å². The van der Waals surface area contributed by atoms with Crippen LogP contribution in [0.25, 0.3) is 0 Å². The van der Waals surface area contributed by atoms with Gasteiger partial charge < -0.3 is 0 Å². The minimum absolute atomic E-state index is 0.364. The van der Waals surface area contributed by atoms with Crippen LogP contribution in [-0.2, 0) is 16.4 Å². The maximum atomic E-state index is 12.3. The summed E-state index contributed by atoms with van der Waals surface area (Å²) in [6, 6.07) is 9.22. The van der Waals surface area contributed by atoms with Gasteiger partial charge in [0.1, 0.15) is 4.21 Å². The Morgan fingerprint density at radius 1 is 1.26 bits per heavy atom. The first kappa shape index (κ1) is 14.8. The molecule has 0 bridgehead atoms. The highest BCUT2D eigenvalue weighted by atomic mass is 127. The van der Waals surface area contributed by atoms with Crippen LogP contribution >= 0.6 is 33.9 Å². The summed E-state index contributed by atoms with van der Waals surface area (Å²) < 4.78 is 28.6. The number of benzene rings is 1. The molecule has 0 radical (unpaired) electrons. The number of nitrogens with one attached hydrogen (secondary N) is 1. The number of rotatable bonds is 4. The molecule has 2 rings (SSSR count). The third-order valence-electron chi connectivity index (χ3n) is 2.69. The van der Waals surface area contributed by atoms with Gasteiger partial charge in [-0.2, -0.15) is 0 Å². The van der Waals surface area contributed by atoms with E-state index in [2.05, 4.69) is 27.3 Å². The first-order chi connectivity index (χ1) is 8.92. The van der Waals surface area contributed by atoms with Crippen LogP contribution in [0.3, 0.4) is 0 Å². The lowest BCUT2D eigenvalue weighted by atomic mass is 10.2. The van der Waals surface area contributed by atoms with Gasteiger partial charge in [0, 0.05) is 8.45 Å². The quantitative estimate of drug-likeness (QED) is 0.779. The number of aryl methyl sites for hydroxylation is 2. The van der Waals surface area contributed by atoms with E-state index in [0.717, 1.165) is 20.4 Å². The summed E-state index contributed by atoms with van der Waals surface area (Å²) in [4.78, 5) is 1.07. The topological polar surface area (TPSA) is 46.2 Å². The Kier molecular flexibility index (Phi) is 4.52. The molecule has 0 saturated carbocycles. The fourth-order valence-corrected chi connectivity index (χ4v) is 4.50. The van der Waals surface area contributed by atoms with Crippen molar-refractivity contribution in [3.05, 3.63) is 44.3 Å². The van der Waals surface area contributed by atoms with Gasteiger partial charge >= 0.3 is 0 Å². The van der Waals surface area contributed by atoms with Gasteiger partial charge in [-0.25, -0.2) is 8.42 Å². The molecule has 1 aromatic carbocycles. The number of hydrogen-bond acceptors (Lipinski definition) is 3. The standard InChI is InChI=1S/C13H14INO2S2/c1-3-11-6-7-13(18-11)19(16,17)15-12-8-10(14)5-4-9(12)2/h4-8,15H,3H2,1-2H3. The van der Waals surface area contributed by atoms with Crippen molar-refractivity contribution >= 4 is 49.6 Å². The molecule has 1 N–H and O–H groups in total. The Labute approximate surface area is 131 Å². The summed E-state index contributed by atoms with van der Waals surface area (Å²) in [6.45, 7) is 3.90. The van der Waals surface area contributed by atoms with Crippen molar-refractivity contribution < 1.29 is 8.42 Å². The van der Waals surface area contributed by atoms with Crippen LogP contribution in [0.2, 0.25) is 0 Å². The molecule has 3 nitrogen and oxygen atoms in total. The molecular weight excluding hydrogens is 393 g/mol. The summed E-state index contributed by atoms with van der Waals surface area (Å²) in [5, 5.41) is 0. The van der Waals surface area contributed by atoms with Gasteiger partial charge in [-0.15, -0.1) is 11.3 Å². The van der Waals surface area contributed by atoms with Crippen molar-refractivity contribution in [2.75, 3.05) is 4.72 Å². The zero-order valence-electron chi connectivity index (χ0n) is 10.6. The van der Waals surface area contributed by atoms with Crippen LogP contribution in [0.5, 0.6) is 0 Å². The number of sulfonamides is 1. The molecule has 2 aromatic rings. The maximum Gasteiger partial charge on any atom is 0.271 e. The Morgan fingerprint density at radius 2 is 2.00 bits per heavy atom. The normalized spacial score (nSPS) is 11.5. The molecule has 0 unspecified atom stereocenters. The van der Waals surface area contributed by atoms with Crippen LogP contribution in [0.15, 0.2) is 34.5 Å². The van der Waals surface area contributed by atoms with Gasteiger partial charge in [0.25, 0.3) is 10.0 Å². The summed E-state index contributed by atoms with van der Waals surface area (Å²) in [5.41, 5.74) is 1.55. The molecule has 0 spiro atoms. The minimum Gasteiger partial charge on any atom is -0.279 e. The number of hydrogen-bond donors (Lipinski definition) is 1. The van der Waals surface area contributed by atoms with Gasteiger partial charge in [0.15, 0.2) is 0 Å². The van der Waals surface area contributed by atoms with Crippen molar-refractivity contribution in [1.82, 2.24) is 0 Å². The summed E-state index contributed by atoms with van der Waals surface area (Å²) in [5.74, 6) is 0. The van der Waals surface area contributed by atoms with E-state index < -0.39 is 10.0 Å². The first-order valence-electron chi connectivity index (χ1n) is 5.80.